The fourth-order valence-electron chi connectivity index (χ4n) is 2.24. The monoisotopic (exact) mass is 303 g/mol. The summed E-state index contributed by atoms with van der Waals surface area (Å²) in [6.07, 6.45) is 0. The SMILES string of the molecule is Cc1cccc(C(N)c2cccc(Br)c2C)c1C. The lowest BCUT2D eigenvalue weighted by molar-refractivity contribution is 0.848. The number of rotatable bonds is 2. The van der Waals surface area contributed by atoms with Crippen LogP contribution in [0.3, 0.4) is 0 Å². The van der Waals surface area contributed by atoms with Crippen LogP contribution in [0.5, 0.6) is 0 Å². The Hall–Kier alpha value is -1.12. The van der Waals surface area contributed by atoms with E-state index in [4.69, 9.17) is 5.73 Å². The molecule has 1 unspecified atom stereocenters. The second-order valence-corrected chi connectivity index (χ2v) is 5.58. The van der Waals surface area contributed by atoms with E-state index in [0.717, 1.165) is 4.47 Å². The summed E-state index contributed by atoms with van der Waals surface area (Å²) in [6.45, 7) is 6.36. The maximum Gasteiger partial charge on any atom is 0.0557 e. The molecule has 0 fully saturated rings. The molecule has 0 heterocycles. The lowest BCUT2D eigenvalue weighted by Crippen LogP contribution is -2.15. The Morgan fingerprint density at radius 2 is 1.44 bits per heavy atom. The largest absolute Gasteiger partial charge is 0.320 e. The molecule has 94 valence electrons. The molecule has 0 aliphatic heterocycles. The van der Waals surface area contributed by atoms with Gasteiger partial charge in [-0.1, -0.05) is 46.3 Å². The molecule has 2 heteroatoms. The van der Waals surface area contributed by atoms with Gasteiger partial charge in [-0.25, -0.2) is 0 Å². The van der Waals surface area contributed by atoms with Crippen molar-refractivity contribution in [1.82, 2.24) is 0 Å². The van der Waals surface area contributed by atoms with Gasteiger partial charge in [0.2, 0.25) is 0 Å². The van der Waals surface area contributed by atoms with Crippen molar-refractivity contribution in [2.45, 2.75) is 26.8 Å². The third kappa shape index (κ3) is 2.36. The van der Waals surface area contributed by atoms with Crippen LogP contribution >= 0.6 is 15.9 Å². The molecule has 0 aromatic heterocycles. The van der Waals surface area contributed by atoms with E-state index in [1.165, 1.54) is 27.8 Å². The molecule has 0 saturated heterocycles. The van der Waals surface area contributed by atoms with E-state index in [-0.39, 0.29) is 6.04 Å². The van der Waals surface area contributed by atoms with Gasteiger partial charge in [0.05, 0.1) is 6.04 Å². The number of halogens is 1. The van der Waals surface area contributed by atoms with Crippen LogP contribution in [0.15, 0.2) is 40.9 Å². The predicted octanol–water partition coefficient (Wildman–Crippen LogP) is 4.42. The highest BCUT2D eigenvalue weighted by molar-refractivity contribution is 9.10. The van der Waals surface area contributed by atoms with Crippen LogP contribution in [-0.2, 0) is 0 Å². The van der Waals surface area contributed by atoms with Gasteiger partial charge >= 0.3 is 0 Å². The zero-order valence-electron chi connectivity index (χ0n) is 11.0. The second-order valence-electron chi connectivity index (χ2n) is 4.72. The Balaban J connectivity index is 2.51. The second kappa shape index (κ2) is 5.25. The first-order valence-corrected chi connectivity index (χ1v) is 6.88. The Labute approximate surface area is 117 Å². The van der Waals surface area contributed by atoms with Gasteiger partial charge in [-0.15, -0.1) is 0 Å². The van der Waals surface area contributed by atoms with E-state index in [1.807, 2.05) is 6.07 Å². The lowest BCUT2D eigenvalue weighted by Gasteiger charge is -2.19. The maximum atomic E-state index is 6.43. The Morgan fingerprint density at radius 1 is 0.889 bits per heavy atom. The van der Waals surface area contributed by atoms with E-state index in [0.29, 0.717) is 0 Å². The van der Waals surface area contributed by atoms with Crippen molar-refractivity contribution in [3.8, 4) is 0 Å². The van der Waals surface area contributed by atoms with Crippen LogP contribution in [0, 0.1) is 20.8 Å². The third-order valence-electron chi connectivity index (χ3n) is 3.63. The minimum atomic E-state index is -0.0672. The first-order chi connectivity index (χ1) is 8.52. The number of hydrogen-bond acceptors (Lipinski definition) is 1. The molecule has 18 heavy (non-hydrogen) atoms. The molecule has 2 aromatic rings. The van der Waals surface area contributed by atoms with Gasteiger partial charge in [0, 0.05) is 4.47 Å². The smallest absolute Gasteiger partial charge is 0.0557 e. The molecular formula is C16H18BrN. The summed E-state index contributed by atoms with van der Waals surface area (Å²) in [5, 5.41) is 0. The number of hydrogen-bond donors (Lipinski definition) is 1. The molecule has 0 bridgehead atoms. The van der Waals surface area contributed by atoms with Crippen LogP contribution in [0.1, 0.15) is 33.9 Å². The summed E-state index contributed by atoms with van der Waals surface area (Å²) in [7, 11) is 0. The molecular weight excluding hydrogens is 286 g/mol. The highest BCUT2D eigenvalue weighted by Crippen LogP contribution is 2.29. The van der Waals surface area contributed by atoms with Crippen molar-refractivity contribution < 1.29 is 0 Å². The molecule has 0 aliphatic rings. The summed E-state index contributed by atoms with van der Waals surface area (Å²) in [5.74, 6) is 0. The van der Waals surface area contributed by atoms with Crippen molar-refractivity contribution in [1.29, 1.82) is 0 Å². The number of benzene rings is 2. The molecule has 1 nitrogen and oxygen atoms in total. The van der Waals surface area contributed by atoms with Gasteiger partial charge in [0.25, 0.3) is 0 Å². The molecule has 2 aromatic carbocycles. The lowest BCUT2D eigenvalue weighted by atomic mass is 9.91. The Bertz CT molecular complexity index is 524. The van der Waals surface area contributed by atoms with Gasteiger partial charge < -0.3 is 5.73 Å². The van der Waals surface area contributed by atoms with Crippen molar-refractivity contribution in [3.05, 3.63) is 68.7 Å². The summed E-state index contributed by atoms with van der Waals surface area (Å²) in [6, 6.07) is 12.4. The third-order valence-corrected chi connectivity index (χ3v) is 4.49. The van der Waals surface area contributed by atoms with E-state index < -0.39 is 0 Å². The highest BCUT2D eigenvalue weighted by atomic mass is 79.9. The zero-order valence-corrected chi connectivity index (χ0v) is 12.6. The Morgan fingerprint density at radius 3 is 2.11 bits per heavy atom. The zero-order chi connectivity index (χ0) is 13.3. The molecule has 2 rings (SSSR count). The van der Waals surface area contributed by atoms with E-state index in [2.05, 4.69) is 67.0 Å². The highest BCUT2D eigenvalue weighted by Gasteiger charge is 2.15. The quantitative estimate of drug-likeness (QED) is 0.873. The van der Waals surface area contributed by atoms with Crippen molar-refractivity contribution in [2.24, 2.45) is 5.73 Å². The van der Waals surface area contributed by atoms with E-state index >= 15 is 0 Å². The Kier molecular flexibility index (Phi) is 3.88. The summed E-state index contributed by atoms with van der Waals surface area (Å²) in [4.78, 5) is 0. The standard InChI is InChI=1S/C16H18BrN/c1-10-6-4-7-13(11(10)2)16(18)14-8-5-9-15(17)12(14)3/h4-9,16H,18H2,1-3H3. The molecule has 0 saturated carbocycles. The molecule has 0 amide bonds. The first kappa shape index (κ1) is 13.3. The van der Waals surface area contributed by atoms with Crippen LogP contribution in [-0.4, -0.2) is 0 Å². The average molecular weight is 304 g/mol. The molecule has 0 aliphatic carbocycles. The predicted molar refractivity (Wildman–Crippen MR) is 80.8 cm³/mol. The minimum Gasteiger partial charge on any atom is -0.320 e. The summed E-state index contributed by atoms with van der Waals surface area (Å²) in [5.41, 5.74) is 12.6. The average Bonchev–Trinajstić information content (AvgIpc) is 2.35. The van der Waals surface area contributed by atoms with Crippen LogP contribution in [0.2, 0.25) is 0 Å². The summed E-state index contributed by atoms with van der Waals surface area (Å²) >= 11 is 3.56. The topological polar surface area (TPSA) is 26.0 Å². The van der Waals surface area contributed by atoms with Gasteiger partial charge in [-0.3, -0.25) is 0 Å². The van der Waals surface area contributed by atoms with Crippen LogP contribution < -0.4 is 5.73 Å². The molecule has 0 radical (unpaired) electrons. The van der Waals surface area contributed by atoms with Gasteiger partial charge in [0.1, 0.15) is 0 Å². The molecule has 2 N–H and O–H groups in total. The summed E-state index contributed by atoms with van der Waals surface area (Å²) < 4.78 is 1.11. The van der Waals surface area contributed by atoms with E-state index in [9.17, 15) is 0 Å². The van der Waals surface area contributed by atoms with Gasteiger partial charge in [-0.2, -0.15) is 0 Å². The minimum absolute atomic E-state index is 0.0672. The van der Waals surface area contributed by atoms with Crippen molar-refractivity contribution in [2.75, 3.05) is 0 Å². The fourth-order valence-corrected chi connectivity index (χ4v) is 2.62. The molecule has 1 atom stereocenters. The van der Waals surface area contributed by atoms with E-state index in [1.54, 1.807) is 0 Å². The normalized spacial score (nSPS) is 12.5. The van der Waals surface area contributed by atoms with Crippen molar-refractivity contribution in [3.63, 3.8) is 0 Å². The van der Waals surface area contributed by atoms with Crippen LogP contribution in [0.4, 0.5) is 0 Å². The number of nitrogens with two attached hydrogens (primary N) is 1. The maximum absolute atomic E-state index is 6.43. The molecule has 0 spiro atoms. The fraction of sp³-hybridized carbons (Fsp3) is 0.250. The first-order valence-electron chi connectivity index (χ1n) is 6.09. The van der Waals surface area contributed by atoms with Gasteiger partial charge in [0.15, 0.2) is 0 Å². The van der Waals surface area contributed by atoms with Gasteiger partial charge in [-0.05, 0) is 54.7 Å². The van der Waals surface area contributed by atoms with Crippen molar-refractivity contribution >= 4 is 15.9 Å². The van der Waals surface area contributed by atoms with Crippen LogP contribution in [0.25, 0.3) is 0 Å². The number of aryl methyl sites for hydroxylation is 1.